The van der Waals surface area contributed by atoms with Crippen LogP contribution in [0.15, 0.2) is 47.4 Å². The van der Waals surface area contributed by atoms with Crippen molar-refractivity contribution in [1.29, 1.82) is 0 Å². The van der Waals surface area contributed by atoms with E-state index in [4.69, 9.17) is 9.47 Å². The number of imidazole rings is 1. The molecule has 3 aromatic rings. The molecule has 29 heavy (non-hydrogen) atoms. The Morgan fingerprint density at radius 2 is 1.76 bits per heavy atom. The van der Waals surface area contributed by atoms with Crippen molar-refractivity contribution in [3.8, 4) is 11.5 Å². The minimum atomic E-state index is -3.57. The number of hydrogen-bond acceptors (Lipinski definition) is 5. The summed E-state index contributed by atoms with van der Waals surface area (Å²) in [6.45, 7) is 2.05. The van der Waals surface area contributed by atoms with E-state index in [1.807, 2.05) is 24.3 Å². The minimum Gasteiger partial charge on any atom is -0.490 e. The van der Waals surface area contributed by atoms with Gasteiger partial charge in [-0.2, -0.15) is 4.31 Å². The zero-order valence-electron chi connectivity index (χ0n) is 16.0. The average Bonchev–Trinajstić information content (AvgIpc) is 3.04. The van der Waals surface area contributed by atoms with Gasteiger partial charge in [0.15, 0.2) is 11.5 Å². The SMILES string of the molecule is O=S(=O)(c1ccc2c(c1)OCCCO2)N1CCC(c2nc3ccccc3[nH]2)CC1. The Hall–Kier alpha value is -2.58. The third-order valence-corrected chi connectivity index (χ3v) is 7.50. The Balaban J connectivity index is 1.32. The number of piperidine rings is 1. The van der Waals surface area contributed by atoms with Crippen LogP contribution in [0.25, 0.3) is 11.0 Å². The highest BCUT2D eigenvalue weighted by atomic mass is 32.2. The first kappa shape index (κ1) is 18.4. The van der Waals surface area contributed by atoms with Crippen LogP contribution >= 0.6 is 0 Å². The Kier molecular flexibility index (Phi) is 4.67. The van der Waals surface area contributed by atoms with Crippen LogP contribution in [-0.2, 0) is 10.0 Å². The second-order valence-corrected chi connectivity index (χ2v) is 9.41. The van der Waals surface area contributed by atoms with Crippen molar-refractivity contribution >= 4 is 21.1 Å². The molecule has 152 valence electrons. The van der Waals surface area contributed by atoms with Crippen molar-refractivity contribution in [2.75, 3.05) is 26.3 Å². The van der Waals surface area contributed by atoms with Crippen LogP contribution in [0.3, 0.4) is 0 Å². The number of rotatable bonds is 3. The lowest BCUT2D eigenvalue weighted by atomic mass is 9.97. The van der Waals surface area contributed by atoms with Gasteiger partial charge >= 0.3 is 0 Å². The molecule has 0 aliphatic carbocycles. The monoisotopic (exact) mass is 413 g/mol. The number of sulfonamides is 1. The van der Waals surface area contributed by atoms with Crippen LogP contribution in [-0.4, -0.2) is 49.0 Å². The van der Waals surface area contributed by atoms with Crippen molar-refractivity contribution in [2.24, 2.45) is 0 Å². The van der Waals surface area contributed by atoms with Crippen molar-refractivity contribution in [3.05, 3.63) is 48.3 Å². The quantitative estimate of drug-likeness (QED) is 0.712. The molecule has 0 bridgehead atoms. The molecule has 0 atom stereocenters. The molecular formula is C21H23N3O4S. The first-order chi connectivity index (χ1) is 14.1. The van der Waals surface area contributed by atoms with E-state index in [9.17, 15) is 8.42 Å². The van der Waals surface area contributed by atoms with Crippen molar-refractivity contribution in [3.63, 3.8) is 0 Å². The molecule has 3 heterocycles. The number of hydrogen-bond donors (Lipinski definition) is 1. The van der Waals surface area contributed by atoms with Crippen LogP contribution in [0, 0.1) is 0 Å². The van der Waals surface area contributed by atoms with Gasteiger partial charge in [-0.1, -0.05) is 12.1 Å². The number of aromatic amines is 1. The van der Waals surface area contributed by atoms with E-state index in [0.29, 0.717) is 37.8 Å². The summed E-state index contributed by atoms with van der Waals surface area (Å²) in [5.74, 6) is 2.28. The van der Waals surface area contributed by atoms with E-state index in [1.165, 1.54) is 0 Å². The molecule has 0 amide bonds. The van der Waals surface area contributed by atoms with E-state index < -0.39 is 10.0 Å². The fraction of sp³-hybridized carbons (Fsp3) is 0.381. The topological polar surface area (TPSA) is 84.5 Å². The normalized spacial score (nSPS) is 18.6. The number of H-pyrrole nitrogens is 1. The van der Waals surface area contributed by atoms with Gasteiger partial charge in [-0.05, 0) is 37.1 Å². The molecule has 2 aliphatic heterocycles. The van der Waals surface area contributed by atoms with Gasteiger partial charge < -0.3 is 14.5 Å². The first-order valence-electron chi connectivity index (χ1n) is 9.96. The summed E-state index contributed by atoms with van der Waals surface area (Å²) >= 11 is 0. The van der Waals surface area contributed by atoms with E-state index >= 15 is 0 Å². The molecule has 0 unspecified atom stereocenters. The Bertz CT molecular complexity index is 1100. The maximum atomic E-state index is 13.1. The van der Waals surface area contributed by atoms with E-state index in [1.54, 1.807) is 22.5 Å². The molecule has 1 aromatic heterocycles. The first-order valence-corrected chi connectivity index (χ1v) is 11.4. The van der Waals surface area contributed by atoms with Gasteiger partial charge in [-0.3, -0.25) is 0 Å². The summed E-state index contributed by atoms with van der Waals surface area (Å²) in [4.78, 5) is 8.32. The standard InChI is InChI=1S/C21H23N3O4S/c25-29(26,16-6-7-19-20(14-16)28-13-3-12-27-19)24-10-8-15(9-11-24)21-22-17-4-1-2-5-18(17)23-21/h1-2,4-7,14-15H,3,8-13H2,(H,22,23). The van der Waals surface area contributed by atoms with Gasteiger partial charge in [0.2, 0.25) is 10.0 Å². The fourth-order valence-electron chi connectivity index (χ4n) is 3.99. The molecule has 1 fully saturated rings. The summed E-state index contributed by atoms with van der Waals surface area (Å²) in [5, 5.41) is 0. The van der Waals surface area contributed by atoms with Gasteiger partial charge in [-0.15, -0.1) is 0 Å². The van der Waals surface area contributed by atoms with Crippen molar-refractivity contribution in [2.45, 2.75) is 30.1 Å². The maximum absolute atomic E-state index is 13.1. The molecule has 1 N–H and O–H groups in total. The maximum Gasteiger partial charge on any atom is 0.243 e. The summed E-state index contributed by atoms with van der Waals surface area (Å²) < 4.78 is 39.1. The molecule has 7 nitrogen and oxygen atoms in total. The highest BCUT2D eigenvalue weighted by Crippen LogP contribution is 2.35. The van der Waals surface area contributed by atoms with Gasteiger partial charge in [0.05, 0.1) is 29.1 Å². The largest absolute Gasteiger partial charge is 0.490 e. The number of nitrogens with zero attached hydrogens (tertiary/aromatic N) is 2. The van der Waals surface area contributed by atoms with Crippen LogP contribution < -0.4 is 9.47 Å². The summed E-state index contributed by atoms with van der Waals surface area (Å²) in [6, 6.07) is 12.8. The number of ether oxygens (including phenoxy) is 2. The average molecular weight is 413 g/mol. The smallest absolute Gasteiger partial charge is 0.243 e. The third-order valence-electron chi connectivity index (χ3n) is 5.61. The molecule has 0 spiro atoms. The third kappa shape index (κ3) is 3.47. The number of aromatic nitrogens is 2. The van der Waals surface area contributed by atoms with E-state index in [0.717, 1.165) is 36.1 Å². The highest BCUT2D eigenvalue weighted by molar-refractivity contribution is 7.89. The van der Waals surface area contributed by atoms with Crippen LogP contribution in [0.5, 0.6) is 11.5 Å². The van der Waals surface area contributed by atoms with Crippen molar-refractivity contribution in [1.82, 2.24) is 14.3 Å². The molecule has 1 saturated heterocycles. The molecule has 0 saturated carbocycles. The van der Waals surface area contributed by atoms with Gasteiger partial charge in [0.25, 0.3) is 0 Å². The predicted octanol–water partition coefficient (Wildman–Crippen LogP) is 3.29. The highest BCUT2D eigenvalue weighted by Gasteiger charge is 2.31. The van der Waals surface area contributed by atoms with Crippen LogP contribution in [0.1, 0.15) is 31.0 Å². The minimum absolute atomic E-state index is 0.234. The molecule has 5 rings (SSSR count). The van der Waals surface area contributed by atoms with E-state index in [2.05, 4.69) is 9.97 Å². The number of nitrogens with one attached hydrogen (secondary N) is 1. The summed E-state index contributed by atoms with van der Waals surface area (Å²) in [7, 11) is -3.57. The Morgan fingerprint density at radius 1 is 1.00 bits per heavy atom. The number of para-hydroxylation sites is 2. The lowest BCUT2D eigenvalue weighted by Gasteiger charge is -2.30. The zero-order chi connectivity index (χ0) is 19.8. The second kappa shape index (κ2) is 7.35. The Morgan fingerprint density at radius 3 is 2.55 bits per heavy atom. The number of fused-ring (bicyclic) bond motifs is 2. The van der Waals surface area contributed by atoms with Gasteiger partial charge in [0.1, 0.15) is 5.82 Å². The van der Waals surface area contributed by atoms with E-state index in [-0.39, 0.29) is 10.8 Å². The summed E-state index contributed by atoms with van der Waals surface area (Å²) in [6.07, 6.45) is 2.26. The molecule has 0 radical (unpaired) electrons. The van der Waals surface area contributed by atoms with Crippen LogP contribution in [0.2, 0.25) is 0 Å². The second-order valence-electron chi connectivity index (χ2n) is 7.48. The Labute approximate surface area is 169 Å². The summed E-state index contributed by atoms with van der Waals surface area (Å²) in [5.41, 5.74) is 1.97. The zero-order valence-corrected chi connectivity index (χ0v) is 16.8. The lowest BCUT2D eigenvalue weighted by molar-refractivity contribution is 0.296. The number of benzene rings is 2. The molecular weight excluding hydrogens is 390 g/mol. The van der Waals surface area contributed by atoms with Gasteiger partial charge in [0, 0.05) is 31.5 Å². The van der Waals surface area contributed by atoms with Crippen molar-refractivity contribution < 1.29 is 17.9 Å². The molecule has 2 aliphatic rings. The van der Waals surface area contributed by atoms with Gasteiger partial charge in [-0.25, -0.2) is 13.4 Å². The predicted molar refractivity (Wildman–Crippen MR) is 109 cm³/mol. The lowest BCUT2D eigenvalue weighted by Crippen LogP contribution is -2.38. The molecule has 8 heteroatoms. The van der Waals surface area contributed by atoms with Crippen LogP contribution in [0.4, 0.5) is 0 Å². The molecule has 2 aromatic carbocycles. The fourth-order valence-corrected chi connectivity index (χ4v) is 5.47.